The number of methoxy groups -OCH3 is 2. The van der Waals surface area contributed by atoms with Crippen molar-refractivity contribution in [1.82, 2.24) is 0 Å². The minimum absolute atomic E-state index is 0.0685. The molecule has 154 valence electrons. The van der Waals surface area contributed by atoms with Gasteiger partial charge in [-0.25, -0.2) is 4.79 Å². The number of benzene rings is 3. The van der Waals surface area contributed by atoms with E-state index >= 15 is 0 Å². The SMILES string of the molecule is COc1cc(NC(=O)Cc2ccc(Oc3ccccc3)cc2)c(C(=O)O)cc1OC. The number of ether oxygens (including phenoxy) is 3. The van der Waals surface area contributed by atoms with Crippen molar-refractivity contribution in [2.75, 3.05) is 19.5 Å². The molecule has 0 unspecified atom stereocenters. The van der Waals surface area contributed by atoms with Crippen molar-refractivity contribution in [1.29, 1.82) is 0 Å². The Morgan fingerprint density at radius 1 is 0.867 bits per heavy atom. The molecule has 3 rings (SSSR count). The Hall–Kier alpha value is -4.00. The van der Waals surface area contributed by atoms with Gasteiger partial charge in [0, 0.05) is 12.1 Å². The Balaban J connectivity index is 1.70. The molecule has 0 aromatic heterocycles. The summed E-state index contributed by atoms with van der Waals surface area (Å²) in [6.07, 6.45) is 0.0685. The van der Waals surface area contributed by atoms with Crippen LogP contribution in [0.2, 0.25) is 0 Å². The first kappa shape index (κ1) is 20.7. The Morgan fingerprint density at radius 3 is 2.07 bits per heavy atom. The molecular weight excluding hydrogens is 386 g/mol. The molecule has 0 bridgehead atoms. The van der Waals surface area contributed by atoms with E-state index in [9.17, 15) is 14.7 Å². The molecule has 0 aliphatic carbocycles. The molecule has 0 fully saturated rings. The van der Waals surface area contributed by atoms with Crippen LogP contribution in [0.5, 0.6) is 23.0 Å². The highest BCUT2D eigenvalue weighted by molar-refractivity contribution is 6.02. The van der Waals surface area contributed by atoms with Gasteiger partial charge in [0.1, 0.15) is 11.5 Å². The predicted molar refractivity (Wildman–Crippen MR) is 112 cm³/mol. The lowest BCUT2D eigenvalue weighted by Gasteiger charge is -2.14. The molecule has 2 N–H and O–H groups in total. The van der Waals surface area contributed by atoms with Gasteiger partial charge in [-0.05, 0) is 29.8 Å². The van der Waals surface area contributed by atoms with E-state index in [0.717, 1.165) is 11.3 Å². The van der Waals surface area contributed by atoms with Crippen LogP contribution < -0.4 is 19.5 Å². The van der Waals surface area contributed by atoms with Crippen LogP contribution >= 0.6 is 0 Å². The van der Waals surface area contributed by atoms with Crippen molar-refractivity contribution < 1.29 is 28.9 Å². The van der Waals surface area contributed by atoms with E-state index in [1.54, 1.807) is 24.3 Å². The zero-order chi connectivity index (χ0) is 21.5. The molecule has 0 aliphatic heterocycles. The van der Waals surface area contributed by atoms with Crippen LogP contribution in [0.4, 0.5) is 5.69 Å². The number of rotatable bonds is 8. The zero-order valence-corrected chi connectivity index (χ0v) is 16.5. The first-order chi connectivity index (χ1) is 14.5. The second-order valence-electron chi connectivity index (χ2n) is 6.34. The van der Waals surface area contributed by atoms with Crippen LogP contribution in [-0.4, -0.2) is 31.2 Å². The summed E-state index contributed by atoms with van der Waals surface area (Å²) in [6, 6.07) is 19.2. The highest BCUT2D eigenvalue weighted by Gasteiger charge is 2.18. The van der Waals surface area contributed by atoms with Crippen LogP contribution in [-0.2, 0) is 11.2 Å². The molecule has 1 amide bonds. The molecule has 7 heteroatoms. The fourth-order valence-corrected chi connectivity index (χ4v) is 2.84. The number of hydrogen-bond acceptors (Lipinski definition) is 5. The van der Waals surface area contributed by atoms with Crippen LogP contribution in [0, 0.1) is 0 Å². The van der Waals surface area contributed by atoms with Gasteiger partial charge in [0.15, 0.2) is 11.5 Å². The van der Waals surface area contributed by atoms with Crippen molar-refractivity contribution >= 4 is 17.6 Å². The number of carboxylic acid groups (broad SMARTS) is 1. The van der Waals surface area contributed by atoms with E-state index in [1.165, 1.54) is 26.4 Å². The first-order valence-electron chi connectivity index (χ1n) is 9.11. The third-order valence-corrected chi connectivity index (χ3v) is 4.30. The third-order valence-electron chi connectivity index (χ3n) is 4.30. The van der Waals surface area contributed by atoms with Crippen molar-refractivity contribution in [3.8, 4) is 23.0 Å². The molecule has 30 heavy (non-hydrogen) atoms. The minimum Gasteiger partial charge on any atom is -0.493 e. The fourth-order valence-electron chi connectivity index (χ4n) is 2.84. The van der Waals surface area contributed by atoms with E-state index in [0.29, 0.717) is 11.5 Å². The maximum Gasteiger partial charge on any atom is 0.337 e. The van der Waals surface area contributed by atoms with Gasteiger partial charge in [0.25, 0.3) is 0 Å². The zero-order valence-electron chi connectivity index (χ0n) is 16.5. The Kier molecular flexibility index (Phi) is 6.54. The molecule has 0 saturated carbocycles. The molecule has 0 aliphatic rings. The van der Waals surface area contributed by atoms with Gasteiger partial charge in [-0.2, -0.15) is 0 Å². The Morgan fingerprint density at radius 2 is 1.47 bits per heavy atom. The largest absolute Gasteiger partial charge is 0.493 e. The van der Waals surface area contributed by atoms with Gasteiger partial charge in [-0.3, -0.25) is 4.79 Å². The highest BCUT2D eigenvalue weighted by atomic mass is 16.5. The number of carboxylic acids is 1. The molecule has 3 aromatic rings. The summed E-state index contributed by atoms with van der Waals surface area (Å²) >= 11 is 0. The Bertz CT molecular complexity index is 1030. The molecule has 0 saturated heterocycles. The summed E-state index contributed by atoms with van der Waals surface area (Å²) in [5.74, 6) is 0.410. The van der Waals surface area contributed by atoms with E-state index in [-0.39, 0.29) is 29.3 Å². The van der Waals surface area contributed by atoms with Crippen LogP contribution in [0.1, 0.15) is 15.9 Å². The predicted octanol–water partition coefficient (Wildman–Crippen LogP) is 4.38. The summed E-state index contributed by atoms with van der Waals surface area (Å²) in [5.41, 5.74) is 0.798. The molecule has 0 radical (unpaired) electrons. The van der Waals surface area contributed by atoms with Crippen LogP contribution in [0.25, 0.3) is 0 Å². The molecule has 0 heterocycles. The quantitative estimate of drug-likeness (QED) is 0.576. The molecular formula is C23H21NO6. The number of amides is 1. The fraction of sp³-hybridized carbons (Fsp3) is 0.130. The maximum absolute atomic E-state index is 12.5. The monoisotopic (exact) mass is 407 g/mol. The number of nitrogens with one attached hydrogen (secondary N) is 1. The maximum atomic E-state index is 12.5. The first-order valence-corrected chi connectivity index (χ1v) is 9.11. The van der Waals surface area contributed by atoms with Gasteiger partial charge in [0.05, 0.1) is 31.9 Å². The summed E-state index contributed by atoms with van der Waals surface area (Å²) in [6.45, 7) is 0. The van der Waals surface area contributed by atoms with Crippen molar-refractivity contribution in [3.05, 3.63) is 77.9 Å². The normalized spacial score (nSPS) is 10.2. The number of carbonyl (C=O) groups is 2. The lowest BCUT2D eigenvalue weighted by molar-refractivity contribution is -0.115. The van der Waals surface area contributed by atoms with E-state index in [1.807, 2.05) is 30.3 Å². The van der Waals surface area contributed by atoms with Crippen LogP contribution in [0.15, 0.2) is 66.7 Å². The van der Waals surface area contributed by atoms with Crippen molar-refractivity contribution in [3.63, 3.8) is 0 Å². The number of anilines is 1. The van der Waals surface area contributed by atoms with Gasteiger partial charge in [0.2, 0.25) is 5.91 Å². The lowest BCUT2D eigenvalue weighted by atomic mass is 10.1. The average Bonchev–Trinajstić information content (AvgIpc) is 2.75. The summed E-state index contributed by atoms with van der Waals surface area (Å²) < 4.78 is 16.0. The number of para-hydroxylation sites is 1. The molecule has 0 atom stereocenters. The summed E-state index contributed by atoms with van der Waals surface area (Å²) in [4.78, 5) is 24.0. The van der Waals surface area contributed by atoms with Gasteiger partial charge < -0.3 is 24.6 Å². The second kappa shape index (κ2) is 9.47. The number of hydrogen-bond donors (Lipinski definition) is 2. The van der Waals surface area contributed by atoms with Crippen molar-refractivity contribution in [2.45, 2.75) is 6.42 Å². The molecule has 3 aromatic carbocycles. The number of aromatic carboxylic acids is 1. The molecule has 7 nitrogen and oxygen atoms in total. The van der Waals surface area contributed by atoms with E-state index in [4.69, 9.17) is 14.2 Å². The van der Waals surface area contributed by atoms with Crippen LogP contribution in [0.3, 0.4) is 0 Å². The topological polar surface area (TPSA) is 94.1 Å². The van der Waals surface area contributed by atoms with Gasteiger partial charge in [-0.1, -0.05) is 30.3 Å². The van der Waals surface area contributed by atoms with E-state index in [2.05, 4.69) is 5.32 Å². The van der Waals surface area contributed by atoms with E-state index < -0.39 is 5.97 Å². The minimum atomic E-state index is -1.19. The van der Waals surface area contributed by atoms with Gasteiger partial charge in [-0.15, -0.1) is 0 Å². The second-order valence-corrected chi connectivity index (χ2v) is 6.34. The lowest BCUT2D eigenvalue weighted by Crippen LogP contribution is -2.17. The molecule has 0 spiro atoms. The summed E-state index contributed by atoms with van der Waals surface area (Å²) in [7, 11) is 2.84. The number of carbonyl (C=O) groups excluding carboxylic acids is 1. The Labute approximate surface area is 173 Å². The average molecular weight is 407 g/mol. The van der Waals surface area contributed by atoms with Crippen molar-refractivity contribution in [2.24, 2.45) is 0 Å². The highest BCUT2D eigenvalue weighted by Crippen LogP contribution is 2.33. The third kappa shape index (κ3) is 5.08. The standard InChI is InChI=1S/C23H21NO6/c1-28-20-13-18(23(26)27)19(14-21(20)29-2)24-22(25)12-15-8-10-17(11-9-15)30-16-6-4-3-5-7-16/h3-11,13-14H,12H2,1-2H3,(H,24,25)(H,26,27). The van der Waals surface area contributed by atoms with Gasteiger partial charge >= 0.3 is 5.97 Å². The summed E-state index contributed by atoms with van der Waals surface area (Å²) in [5, 5.41) is 12.1. The smallest absolute Gasteiger partial charge is 0.337 e.